The van der Waals surface area contributed by atoms with Gasteiger partial charge >= 0.3 is 0 Å². The predicted molar refractivity (Wildman–Crippen MR) is 100 cm³/mol. The monoisotopic (exact) mass is 408 g/mol. The molecule has 1 aliphatic rings. The number of rotatable bonds is 4. The van der Waals surface area contributed by atoms with Crippen LogP contribution in [0.5, 0.6) is 0 Å². The summed E-state index contributed by atoms with van der Waals surface area (Å²) < 4.78 is 35.2. The van der Waals surface area contributed by atoms with Gasteiger partial charge in [-0.3, -0.25) is 0 Å². The van der Waals surface area contributed by atoms with E-state index in [-0.39, 0.29) is 11.3 Å². The second-order valence-electron chi connectivity index (χ2n) is 6.05. The molecule has 0 amide bonds. The van der Waals surface area contributed by atoms with Crippen LogP contribution >= 0.6 is 15.9 Å². The zero-order valence-electron chi connectivity index (χ0n) is 13.3. The molecular weight excluding hydrogens is 391 g/mol. The molecule has 0 aromatic heterocycles. The van der Waals surface area contributed by atoms with Crippen LogP contribution in [0.4, 0.5) is 4.39 Å². The Morgan fingerprint density at radius 3 is 2.33 bits per heavy atom. The summed E-state index contributed by atoms with van der Waals surface area (Å²) in [5.74, 6) is -0.593. The first kappa shape index (κ1) is 17.5. The van der Waals surface area contributed by atoms with E-state index in [0.29, 0.717) is 0 Å². The number of hydrogen-bond donors (Lipinski definition) is 1. The molecule has 1 aliphatic carbocycles. The van der Waals surface area contributed by atoms with E-state index in [0.717, 1.165) is 29.3 Å². The van der Waals surface area contributed by atoms with Crippen molar-refractivity contribution in [2.24, 2.45) is 0 Å². The minimum absolute atomic E-state index is 0.177. The summed E-state index contributed by atoms with van der Waals surface area (Å²) >= 11 is 1.49. The van der Waals surface area contributed by atoms with Crippen LogP contribution in [-0.4, -0.2) is 8.76 Å². The fourth-order valence-electron chi connectivity index (χ4n) is 3.20. The Hall–Kier alpha value is -1.30. The van der Waals surface area contributed by atoms with Gasteiger partial charge < -0.3 is 4.55 Å². The Balaban J connectivity index is 2.01. The molecule has 2 nitrogen and oxygen atoms in total. The molecule has 0 heterocycles. The number of aryl methyl sites for hydroxylation is 1. The lowest BCUT2D eigenvalue weighted by Gasteiger charge is -2.11. The second kappa shape index (κ2) is 7.30. The van der Waals surface area contributed by atoms with Gasteiger partial charge in [0.05, 0.1) is 5.75 Å². The number of halogens is 2. The van der Waals surface area contributed by atoms with Crippen molar-refractivity contribution in [2.45, 2.75) is 31.9 Å². The molecule has 0 spiro atoms. The third kappa shape index (κ3) is 3.68. The molecule has 126 valence electrons. The Labute approximate surface area is 152 Å². The molecular formula is C19H18BrFO2S. The molecule has 1 N–H and O–H groups in total. The fourth-order valence-corrected chi connectivity index (χ4v) is 3.95. The molecule has 0 aliphatic heterocycles. The lowest BCUT2D eigenvalue weighted by molar-refractivity contribution is 0.559. The first-order valence-corrected chi connectivity index (χ1v) is 9.87. The van der Waals surface area contributed by atoms with E-state index >= 15 is 0 Å². The predicted octanol–water partition coefficient (Wildman–Crippen LogP) is 5.71. The van der Waals surface area contributed by atoms with Crippen molar-refractivity contribution in [3.63, 3.8) is 0 Å². The number of allylic oxidation sites excluding steroid dienone is 2. The molecule has 2 aromatic carbocycles. The Kier molecular flexibility index (Phi) is 5.33. The molecule has 2 aromatic rings. The highest BCUT2D eigenvalue weighted by Crippen LogP contribution is 2.40. The summed E-state index contributed by atoms with van der Waals surface area (Å²) in [5.41, 5.74) is 5.95. The minimum atomic E-state index is -2.03. The van der Waals surface area contributed by atoms with Crippen LogP contribution in [0.15, 0.2) is 40.9 Å². The van der Waals surface area contributed by atoms with Gasteiger partial charge in [-0.15, -0.1) is 0 Å². The van der Waals surface area contributed by atoms with Crippen molar-refractivity contribution in [2.75, 3.05) is 0 Å². The molecule has 1 atom stereocenters. The van der Waals surface area contributed by atoms with Gasteiger partial charge in [0.15, 0.2) is 11.1 Å². The van der Waals surface area contributed by atoms with Crippen LogP contribution in [0.1, 0.15) is 41.5 Å². The van der Waals surface area contributed by atoms with Crippen LogP contribution < -0.4 is 0 Å². The highest BCUT2D eigenvalue weighted by Gasteiger charge is 2.19. The first-order chi connectivity index (χ1) is 11.5. The van der Waals surface area contributed by atoms with Crippen molar-refractivity contribution in [1.82, 2.24) is 0 Å². The first-order valence-electron chi connectivity index (χ1n) is 7.80. The lowest BCUT2D eigenvalue weighted by Crippen LogP contribution is -1.98. The summed E-state index contributed by atoms with van der Waals surface area (Å²) in [7, 11) is 0. The molecule has 0 saturated carbocycles. The third-order valence-corrected chi connectivity index (χ3v) is 5.85. The Bertz CT molecular complexity index is 845. The maximum Gasteiger partial charge on any atom is 0.157 e. The largest absolute Gasteiger partial charge is 0.306 e. The topological polar surface area (TPSA) is 37.3 Å². The Morgan fingerprint density at radius 1 is 1.12 bits per heavy atom. The summed E-state index contributed by atoms with van der Waals surface area (Å²) in [5, 5.41) is 0. The molecule has 24 heavy (non-hydrogen) atoms. The fraction of sp³-hybridized carbons (Fsp3) is 0.263. The van der Waals surface area contributed by atoms with Crippen molar-refractivity contribution in [1.29, 1.82) is 0 Å². The van der Waals surface area contributed by atoms with Gasteiger partial charge in [0.2, 0.25) is 0 Å². The lowest BCUT2D eigenvalue weighted by atomic mass is 9.95. The summed E-state index contributed by atoms with van der Waals surface area (Å²) in [4.78, 5) is 0. The van der Waals surface area contributed by atoms with Crippen molar-refractivity contribution >= 4 is 38.2 Å². The molecule has 0 bridgehead atoms. The SMILES string of the molecule is Cc1cc(C2=C(c3ccc(CS(=O)O)c(F)c3)CCC2)ccc1Br. The van der Waals surface area contributed by atoms with Gasteiger partial charge in [-0.25, -0.2) is 8.60 Å². The van der Waals surface area contributed by atoms with Gasteiger partial charge in [-0.05, 0) is 66.2 Å². The zero-order chi connectivity index (χ0) is 17.3. The van der Waals surface area contributed by atoms with E-state index in [1.54, 1.807) is 6.07 Å². The molecule has 5 heteroatoms. The summed E-state index contributed by atoms with van der Waals surface area (Å²) in [6.07, 6.45) is 2.97. The van der Waals surface area contributed by atoms with Gasteiger partial charge in [0, 0.05) is 10.0 Å². The Morgan fingerprint density at radius 2 is 1.75 bits per heavy atom. The number of benzene rings is 2. The maximum absolute atomic E-state index is 14.2. The van der Waals surface area contributed by atoms with E-state index in [1.165, 1.54) is 28.3 Å². The van der Waals surface area contributed by atoms with E-state index in [2.05, 4.69) is 35.0 Å². The third-order valence-electron chi connectivity index (χ3n) is 4.40. The van der Waals surface area contributed by atoms with Crippen LogP contribution in [0, 0.1) is 12.7 Å². The van der Waals surface area contributed by atoms with Gasteiger partial charge in [0.25, 0.3) is 0 Å². The van der Waals surface area contributed by atoms with Crippen LogP contribution in [0.2, 0.25) is 0 Å². The molecule has 0 saturated heterocycles. The van der Waals surface area contributed by atoms with Crippen molar-refractivity contribution < 1.29 is 13.2 Å². The second-order valence-corrected chi connectivity index (χ2v) is 7.83. The van der Waals surface area contributed by atoms with E-state index < -0.39 is 16.9 Å². The van der Waals surface area contributed by atoms with Gasteiger partial charge in [0.1, 0.15) is 5.82 Å². The zero-order valence-corrected chi connectivity index (χ0v) is 15.7. The number of hydrogen-bond acceptors (Lipinski definition) is 1. The summed E-state index contributed by atoms with van der Waals surface area (Å²) in [6.45, 7) is 2.06. The smallest absolute Gasteiger partial charge is 0.157 e. The molecule has 3 rings (SSSR count). The highest BCUT2D eigenvalue weighted by molar-refractivity contribution is 9.10. The summed E-state index contributed by atoms with van der Waals surface area (Å²) in [6, 6.07) is 11.3. The average molecular weight is 409 g/mol. The van der Waals surface area contributed by atoms with Crippen LogP contribution in [0.3, 0.4) is 0 Å². The molecule has 0 radical (unpaired) electrons. The van der Waals surface area contributed by atoms with Gasteiger partial charge in [-0.1, -0.05) is 40.2 Å². The van der Waals surface area contributed by atoms with Crippen molar-refractivity contribution in [3.8, 4) is 0 Å². The van der Waals surface area contributed by atoms with E-state index in [4.69, 9.17) is 4.55 Å². The van der Waals surface area contributed by atoms with E-state index in [9.17, 15) is 8.60 Å². The minimum Gasteiger partial charge on any atom is -0.306 e. The molecule has 1 unspecified atom stereocenters. The average Bonchev–Trinajstić information content (AvgIpc) is 3.01. The quantitative estimate of drug-likeness (QED) is 0.657. The highest BCUT2D eigenvalue weighted by atomic mass is 79.9. The van der Waals surface area contributed by atoms with Crippen LogP contribution in [-0.2, 0) is 16.8 Å². The van der Waals surface area contributed by atoms with Gasteiger partial charge in [-0.2, -0.15) is 0 Å². The normalized spacial score (nSPS) is 15.8. The van der Waals surface area contributed by atoms with Crippen molar-refractivity contribution in [3.05, 3.63) is 68.9 Å². The standard InChI is InChI=1S/C19H18BrFO2S/c1-12-9-13(7-8-18(12)20)16-3-2-4-17(16)14-5-6-15(11-24(22)23)19(21)10-14/h5-10H,2-4,11H2,1H3,(H,22,23). The van der Waals surface area contributed by atoms with E-state index in [1.807, 2.05) is 12.1 Å². The molecule has 0 fully saturated rings. The van der Waals surface area contributed by atoms with Crippen LogP contribution in [0.25, 0.3) is 11.1 Å². The maximum atomic E-state index is 14.2.